The van der Waals surface area contributed by atoms with E-state index in [1.165, 1.54) is 0 Å². The van der Waals surface area contributed by atoms with Crippen molar-refractivity contribution in [2.45, 2.75) is 70.7 Å². The quantitative estimate of drug-likeness (QED) is 0.288. The molecule has 1 heterocycles. The zero-order valence-electron chi connectivity index (χ0n) is 24.1. The molecule has 5 rings (SSSR count). The van der Waals surface area contributed by atoms with E-state index in [0.29, 0.717) is 48.7 Å². The van der Waals surface area contributed by atoms with Crippen LogP contribution in [0.5, 0.6) is 0 Å². The van der Waals surface area contributed by atoms with Gasteiger partial charge in [-0.15, -0.1) is 0 Å². The first kappa shape index (κ1) is 28.7. The maximum atomic E-state index is 14.0. The lowest BCUT2D eigenvalue weighted by Gasteiger charge is -2.30. The Bertz CT molecular complexity index is 1710. The monoisotopic (exact) mass is 565 g/mol. The topological polar surface area (TPSA) is 139 Å². The van der Waals surface area contributed by atoms with E-state index in [0.717, 1.165) is 16.3 Å². The molecule has 0 aliphatic heterocycles. The average Bonchev–Trinajstić information content (AvgIpc) is 3.27. The third-order valence-electron chi connectivity index (χ3n) is 7.65. The van der Waals surface area contributed by atoms with Crippen LogP contribution >= 0.6 is 0 Å². The van der Waals surface area contributed by atoms with Gasteiger partial charge in [-0.2, -0.15) is 5.26 Å². The Kier molecular flexibility index (Phi) is 7.90. The fraction of sp³-hybridized carbons (Fsp3) is 0.333. The molecular weight excluding hydrogens is 530 g/mol. The van der Waals surface area contributed by atoms with Gasteiger partial charge >= 0.3 is 6.09 Å². The zero-order chi connectivity index (χ0) is 30.0. The molecule has 3 aromatic carbocycles. The number of nitrogens with zero attached hydrogens (tertiary/aromatic N) is 2. The van der Waals surface area contributed by atoms with Crippen LogP contribution in [0.15, 0.2) is 60.7 Å². The molecule has 3 amide bonds. The Morgan fingerprint density at radius 2 is 1.62 bits per heavy atom. The van der Waals surface area contributed by atoms with Gasteiger partial charge in [0.2, 0.25) is 0 Å². The molecule has 0 radical (unpaired) electrons. The van der Waals surface area contributed by atoms with Gasteiger partial charge in [-0.3, -0.25) is 9.59 Å². The first-order valence-corrected chi connectivity index (χ1v) is 14.2. The number of hydrogen-bond acceptors (Lipinski definition) is 5. The summed E-state index contributed by atoms with van der Waals surface area (Å²) in [6.07, 6.45) is 2.21. The minimum absolute atomic E-state index is 0.0450. The number of nitrogens with one attached hydrogen (secondary N) is 2. The highest BCUT2D eigenvalue weighted by molar-refractivity contribution is 6.15. The number of nitrogens with two attached hydrogens (primary N) is 1. The summed E-state index contributed by atoms with van der Waals surface area (Å²) in [4.78, 5) is 39.0. The van der Waals surface area contributed by atoms with Crippen LogP contribution in [0.2, 0.25) is 0 Å². The van der Waals surface area contributed by atoms with Crippen LogP contribution in [0.25, 0.3) is 21.7 Å². The largest absolute Gasteiger partial charge is 0.444 e. The van der Waals surface area contributed by atoms with E-state index in [-0.39, 0.29) is 23.3 Å². The summed E-state index contributed by atoms with van der Waals surface area (Å²) in [6.45, 7) is 5.76. The third kappa shape index (κ3) is 6.08. The van der Waals surface area contributed by atoms with E-state index in [4.69, 9.17) is 10.5 Å². The predicted molar refractivity (Wildman–Crippen MR) is 161 cm³/mol. The molecule has 42 heavy (non-hydrogen) atoms. The first-order valence-electron chi connectivity index (χ1n) is 14.2. The van der Waals surface area contributed by atoms with Crippen LogP contribution < -0.4 is 16.4 Å². The Morgan fingerprint density at radius 3 is 2.29 bits per heavy atom. The van der Waals surface area contributed by atoms with Gasteiger partial charge in [-0.1, -0.05) is 48.5 Å². The molecule has 1 aliphatic rings. The van der Waals surface area contributed by atoms with E-state index in [1.54, 1.807) is 22.8 Å². The van der Waals surface area contributed by atoms with Crippen molar-refractivity contribution in [3.63, 3.8) is 0 Å². The van der Waals surface area contributed by atoms with Crippen LogP contribution in [-0.4, -0.2) is 40.2 Å². The molecule has 4 N–H and O–H groups in total. The van der Waals surface area contributed by atoms with Crippen molar-refractivity contribution >= 4 is 39.6 Å². The second-order valence-corrected chi connectivity index (χ2v) is 11.8. The lowest BCUT2D eigenvalue weighted by atomic mass is 9.91. The number of alkyl carbamates (subject to hydrolysis) is 1. The minimum Gasteiger partial charge on any atom is -0.444 e. The van der Waals surface area contributed by atoms with Gasteiger partial charge in [-0.05, 0) is 74.9 Å². The maximum absolute atomic E-state index is 14.0. The number of hydrogen-bond donors (Lipinski definition) is 3. The van der Waals surface area contributed by atoms with E-state index in [1.807, 2.05) is 63.2 Å². The number of primary amides is 1. The van der Waals surface area contributed by atoms with Crippen molar-refractivity contribution in [2.75, 3.05) is 0 Å². The van der Waals surface area contributed by atoms with Crippen molar-refractivity contribution < 1.29 is 19.1 Å². The maximum Gasteiger partial charge on any atom is 0.407 e. The van der Waals surface area contributed by atoms with Crippen molar-refractivity contribution in [2.24, 2.45) is 5.73 Å². The smallest absolute Gasteiger partial charge is 0.407 e. The number of rotatable bonds is 6. The van der Waals surface area contributed by atoms with E-state index < -0.39 is 23.5 Å². The van der Waals surface area contributed by atoms with Gasteiger partial charge < -0.3 is 25.7 Å². The van der Waals surface area contributed by atoms with E-state index >= 15 is 0 Å². The summed E-state index contributed by atoms with van der Waals surface area (Å²) in [5.41, 5.74) is 7.58. The van der Waals surface area contributed by atoms with Crippen LogP contribution in [0.3, 0.4) is 0 Å². The van der Waals surface area contributed by atoms with Crippen molar-refractivity contribution in [1.29, 1.82) is 5.26 Å². The summed E-state index contributed by atoms with van der Waals surface area (Å²) in [6, 6.07) is 20.9. The summed E-state index contributed by atoms with van der Waals surface area (Å²) in [5.74, 6) is -1.11. The van der Waals surface area contributed by atoms with Crippen LogP contribution in [0, 0.1) is 11.3 Å². The molecule has 0 bridgehead atoms. The molecule has 4 aromatic rings. The van der Waals surface area contributed by atoms with Gasteiger partial charge in [0.05, 0.1) is 22.7 Å². The number of carbonyl (C=O) groups excluding carboxylic acids is 3. The highest BCUT2D eigenvalue weighted by atomic mass is 16.6. The molecule has 1 saturated carbocycles. The highest BCUT2D eigenvalue weighted by Crippen LogP contribution is 2.30. The second kappa shape index (κ2) is 11.6. The number of fused-ring (bicyclic) bond motifs is 2. The second-order valence-electron chi connectivity index (χ2n) is 11.8. The zero-order valence-corrected chi connectivity index (χ0v) is 24.1. The predicted octanol–water partition coefficient (Wildman–Crippen LogP) is 5.38. The number of nitriles is 1. The summed E-state index contributed by atoms with van der Waals surface area (Å²) in [7, 11) is 0. The summed E-state index contributed by atoms with van der Waals surface area (Å²) >= 11 is 0. The van der Waals surface area contributed by atoms with Crippen molar-refractivity contribution in [3.05, 3.63) is 83.0 Å². The van der Waals surface area contributed by atoms with Crippen molar-refractivity contribution in [3.8, 4) is 6.07 Å². The van der Waals surface area contributed by atoms with Gasteiger partial charge in [0, 0.05) is 24.0 Å². The van der Waals surface area contributed by atoms with Crippen LogP contribution in [-0.2, 0) is 11.3 Å². The van der Waals surface area contributed by atoms with Crippen LogP contribution in [0.4, 0.5) is 4.79 Å². The lowest BCUT2D eigenvalue weighted by molar-refractivity contribution is 0.0487. The number of carbonyl (C=O) groups is 3. The molecule has 1 fully saturated rings. The molecule has 0 saturated heterocycles. The van der Waals surface area contributed by atoms with Gasteiger partial charge in [0.15, 0.2) is 0 Å². The number of benzene rings is 3. The normalized spacial score (nSPS) is 17.0. The third-order valence-corrected chi connectivity index (χ3v) is 7.65. The molecule has 0 spiro atoms. The molecule has 9 heteroatoms. The lowest BCUT2D eigenvalue weighted by Crippen LogP contribution is -2.45. The standard InChI is InChI=1S/C33H35N5O4/c1-33(2,3)42-32(41)37-24-14-12-23(13-15-24)36-31(40)29-28(30(35)39)26-16-11-20(18-34)17-27(26)38(29)19-22-9-6-8-21-7-4-5-10-25(21)22/h4-11,16-17,23-24H,12-15,19H2,1-3H3,(H2,35,39)(H,36,40)(H,37,41)/t23-,24-. The molecule has 0 atom stereocenters. The summed E-state index contributed by atoms with van der Waals surface area (Å²) in [5, 5.41) is 18.2. The Morgan fingerprint density at radius 1 is 0.952 bits per heavy atom. The van der Waals surface area contributed by atoms with Crippen molar-refractivity contribution in [1.82, 2.24) is 15.2 Å². The van der Waals surface area contributed by atoms with E-state index in [2.05, 4.69) is 16.7 Å². The number of amides is 3. The molecule has 0 unspecified atom stereocenters. The Labute approximate surface area is 244 Å². The van der Waals surface area contributed by atoms with Crippen LogP contribution in [0.1, 0.15) is 78.4 Å². The summed E-state index contributed by atoms with van der Waals surface area (Å²) < 4.78 is 7.17. The van der Waals surface area contributed by atoms with Gasteiger partial charge in [0.1, 0.15) is 11.3 Å². The Balaban J connectivity index is 1.45. The molecule has 1 aliphatic carbocycles. The molecule has 9 nitrogen and oxygen atoms in total. The fourth-order valence-corrected chi connectivity index (χ4v) is 5.78. The first-order chi connectivity index (χ1) is 20.0. The van der Waals surface area contributed by atoms with E-state index in [9.17, 15) is 19.6 Å². The number of ether oxygens (including phenoxy) is 1. The fourth-order valence-electron chi connectivity index (χ4n) is 5.78. The molecular formula is C33H35N5O4. The van der Waals surface area contributed by atoms with Gasteiger partial charge in [-0.25, -0.2) is 4.79 Å². The number of aromatic nitrogens is 1. The molecule has 216 valence electrons. The minimum atomic E-state index is -0.711. The van der Waals surface area contributed by atoms with Gasteiger partial charge in [0.25, 0.3) is 11.8 Å². The highest BCUT2D eigenvalue weighted by Gasteiger charge is 2.30. The SMILES string of the molecule is CC(C)(C)OC(=O)N[C@H]1CC[C@H](NC(=O)c2c(C(N)=O)c3ccc(C#N)cc3n2Cc2cccc3ccccc23)CC1. The molecule has 1 aromatic heterocycles. The average molecular weight is 566 g/mol. The Hall–Kier alpha value is -4.84.